The number of aromatic amines is 1. The van der Waals surface area contributed by atoms with Crippen LogP contribution >= 0.6 is 0 Å². The van der Waals surface area contributed by atoms with Crippen molar-refractivity contribution < 1.29 is 13.9 Å². The molecule has 1 aliphatic rings. The Kier molecular flexibility index (Phi) is 3.61. The Morgan fingerprint density at radius 1 is 1.33 bits per heavy atom. The number of fused-ring (bicyclic) bond motifs is 1. The Morgan fingerprint density at radius 2 is 2.17 bits per heavy atom. The van der Waals surface area contributed by atoms with Crippen molar-refractivity contribution in [3.8, 4) is 0 Å². The van der Waals surface area contributed by atoms with E-state index in [1.54, 1.807) is 11.1 Å². The van der Waals surface area contributed by atoms with Crippen molar-refractivity contribution in [2.24, 2.45) is 0 Å². The highest BCUT2D eigenvalue weighted by atomic mass is 16.5. The first-order valence-electron chi connectivity index (χ1n) is 8.04. The number of nitrogens with zero attached hydrogens (tertiary/aromatic N) is 2. The van der Waals surface area contributed by atoms with Crippen molar-refractivity contribution in [1.29, 1.82) is 0 Å². The van der Waals surface area contributed by atoms with E-state index >= 15 is 0 Å². The quantitative estimate of drug-likeness (QED) is 0.786. The number of aryl methyl sites for hydroxylation is 2. The minimum Gasteiger partial charge on any atom is -0.451 e. The third-order valence-electron chi connectivity index (χ3n) is 4.42. The molecule has 1 amide bonds. The van der Waals surface area contributed by atoms with E-state index in [1.807, 2.05) is 38.1 Å². The van der Waals surface area contributed by atoms with Gasteiger partial charge in [0.15, 0.2) is 5.76 Å². The molecule has 1 aromatic carbocycles. The number of nitrogens with one attached hydrogen (secondary N) is 1. The number of carbonyl (C=O) groups is 1. The summed E-state index contributed by atoms with van der Waals surface area (Å²) in [5.74, 6) is 1.07. The fraction of sp³-hybridized carbons (Fsp3) is 0.333. The van der Waals surface area contributed by atoms with E-state index in [1.165, 1.54) is 0 Å². The van der Waals surface area contributed by atoms with E-state index in [-0.39, 0.29) is 12.0 Å². The predicted octanol–water partition coefficient (Wildman–Crippen LogP) is 2.99. The number of amides is 1. The Hall–Kier alpha value is -2.60. The van der Waals surface area contributed by atoms with Crippen molar-refractivity contribution >= 4 is 16.9 Å². The van der Waals surface area contributed by atoms with Crippen molar-refractivity contribution in [2.45, 2.75) is 20.0 Å². The van der Waals surface area contributed by atoms with Crippen LogP contribution in [-0.4, -0.2) is 40.5 Å². The highest BCUT2D eigenvalue weighted by molar-refractivity contribution is 5.98. The Balaban J connectivity index is 1.60. The average Bonchev–Trinajstić information content (AvgIpc) is 3.19. The lowest BCUT2D eigenvalue weighted by atomic mass is 10.1. The van der Waals surface area contributed by atoms with Gasteiger partial charge in [-0.05, 0) is 19.9 Å². The summed E-state index contributed by atoms with van der Waals surface area (Å²) in [6, 6.07) is 7.71. The molecule has 3 heterocycles. The molecule has 1 fully saturated rings. The van der Waals surface area contributed by atoms with E-state index in [0.29, 0.717) is 25.5 Å². The summed E-state index contributed by atoms with van der Waals surface area (Å²) in [7, 11) is 0. The summed E-state index contributed by atoms with van der Waals surface area (Å²) in [4.78, 5) is 22.2. The molecule has 124 valence electrons. The molecule has 6 heteroatoms. The summed E-state index contributed by atoms with van der Waals surface area (Å²) in [5, 5.41) is 0.979. The SMILES string of the molecule is Cc1cnc([C@H]2CN(C(=O)c3oc4ccccc4c3C)CCO2)[nH]1. The minimum absolute atomic E-state index is 0.0970. The van der Waals surface area contributed by atoms with Crippen LogP contribution in [0.25, 0.3) is 11.0 Å². The van der Waals surface area contributed by atoms with Gasteiger partial charge in [0.1, 0.15) is 17.5 Å². The van der Waals surface area contributed by atoms with Gasteiger partial charge in [-0.2, -0.15) is 0 Å². The average molecular weight is 325 g/mol. The number of hydrogen-bond donors (Lipinski definition) is 1. The maximum Gasteiger partial charge on any atom is 0.290 e. The normalized spacial score (nSPS) is 18.2. The van der Waals surface area contributed by atoms with E-state index in [9.17, 15) is 4.79 Å². The monoisotopic (exact) mass is 325 g/mol. The number of morpholine rings is 1. The number of aromatic nitrogens is 2. The van der Waals surface area contributed by atoms with Crippen LogP contribution in [0.2, 0.25) is 0 Å². The van der Waals surface area contributed by atoms with E-state index in [0.717, 1.165) is 28.1 Å². The van der Waals surface area contributed by atoms with Crippen molar-refractivity contribution in [1.82, 2.24) is 14.9 Å². The number of hydrogen-bond acceptors (Lipinski definition) is 4. The molecular weight excluding hydrogens is 306 g/mol. The smallest absolute Gasteiger partial charge is 0.290 e. The summed E-state index contributed by atoms with van der Waals surface area (Å²) >= 11 is 0. The lowest BCUT2D eigenvalue weighted by molar-refractivity contribution is -0.0273. The molecule has 0 saturated carbocycles. The fourth-order valence-corrected chi connectivity index (χ4v) is 3.12. The van der Waals surface area contributed by atoms with E-state index in [2.05, 4.69) is 9.97 Å². The van der Waals surface area contributed by atoms with Gasteiger partial charge in [0.05, 0.1) is 13.2 Å². The lowest BCUT2D eigenvalue weighted by Crippen LogP contribution is -2.42. The zero-order valence-corrected chi connectivity index (χ0v) is 13.7. The molecule has 24 heavy (non-hydrogen) atoms. The molecular formula is C18H19N3O3. The van der Waals surface area contributed by atoms with Crippen LogP contribution in [0.5, 0.6) is 0 Å². The molecule has 6 nitrogen and oxygen atoms in total. The number of para-hydroxylation sites is 1. The molecule has 0 aliphatic carbocycles. The van der Waals surface area contributed by atoms with Gasteiger partial charge < -0.3 is 19.0 Å². The Labute approximate surface area is 139 Å². The summed E-state index contributed by atoms with van der Waals surface area (Å²) in [5.41, 5.74) is 2.60. The van der Waals surface area contributed by atoms with Crippen LogP contribution in [0.4, 0.5) is 0 Å². The van der Waals surface area contributed by atoms with Gasteiger partial charge >= 0.3 is 0 Å². The molecule has 3 aromatic rings. The maximum absolute atomic E-state index is 12.9. The topological polar surface area (TPSA) is 71.4 Å². The van der Waals surface area contributed by atoms with E-state index in [4.69, 9.17) is 9.15 Å². The highest BCUT2D eigenvalue weighted by Crippen LogP contribution is 2.27. The molecule has 1 saturated heterocycles. The van der Waals surface area contributed by atoms with Gasteiger partial charge in [-0.15, -0.1) is 0 Å². The van der Waals surface area contributed by atoms with Crippen LogP contribution in [-0.2, 0) is 4.74 Å². The van der Waals surface area contributed by atoms with Gasteiger partial charge in [0.25, 0.3) is 5.91 Å². The summed E-state index contributed by atoms with van der Waals surface area (Å²) in [6.07, 6.45) is 1.53. The molecule has 0 radical (unpaired) electrons. The second kappa shape index (κ2) is 5.79. The first-order chi connectivity index (χ1) is 11.6. The number of rotatable bonds is 2. The number of carbonyl (C=O) groups excluding carboxylic acids is 1. The van der Waals surface area contributed by atoms with Gasteiger partial charge in [0, 0.05) is 29.4 Å². The summed E-state index contributed by atoms with van der Waals surface area (Å²) in [6.45, 7) is 5.36. The van der Waals surface area contributed by atoms with Crippen LogP contribution in [0.1, 0.15) is 33.7 Å². The fourth-order valence-electron chi connectivity index (χ4n) is 3.12. The second-order valence-corrected chi connectivity index (χ2v) is 6.11. The number of furan rings is 1. The molecule has 0 spiro atoms. The number of imidazole rings is 1. The van der Waals surface area contributed by atoms with Crippen molar-refractivity contribution in [3.63, 3.8) is 0 Å². The number of ether oxygens (including phenoxy) is 1. The summed E-state index contributed by atoms with van der Waals surface area (Å²) < 4.78 is 11.6. The Morgan fingerprint density at radius 3 is 2.92 bits per heavy atom. The standard InChI is InChI=1S/C18H19N3O3/c1-11-9-19-17(20-11)15-10-21(7-8-23-15)18(22)16-12(2)13-5-3-4-6-14(13)24-16/h3-6,9,15H,7-8,10H2,1-2H3,(H,19,20)/t15-/m1/s1. The zero-order valence-electron chi connectivity index (χ0n) is 13.7. The van der Waals surface area contributed by atoms with Gasteiger partial charge in [-0.1, -0.05) is 18.2 Å². The third kappa shape index (κ3) is 2.49. The van der Waals surface area contributed by atoms with Crippen molar-refractivity contribution in [2.75, 3.05) is 19.7 Å². The first-order valence-corrected chi connectivity index (χ1v) is 8.04. The molecule has 4 rings (SSSR count). The second-order valence-electron chi connectivity index (χ2n) is 6.11. The first kappa shape index (κ1) is 15.0. The van der Waals surface area contributed by atoms with Crippen LogP contribution in [0, 0.1) is 13.8 Å². The highest BCUT2D eigenvalue weighted by Gasteiger charge is 2.30. The van der Waals surface area contributed by atoms with Crippen LogP contribution < -0.4 is 0 Å². The van der Waals surface area contributed by atoms with Crippen LogP contribution in [0.3, 0.4) is 0 Å². The Bertz CT molecular complexity index is 896. The maximum atomic E-state index is 12.9. The minimum atomic E-state index is -0.235. The largest absolute Gasteiger partial charge is 0.451 e. The number of H-pyrrole nitrogens is 1. The zero-order chi connectivity index (χ0) is 16.7. The van der Waals surface area contributed by atoms with Gasteiger partial charge in [-0.25, -0.2) is 4.98 Å². The molecule has 1 atom stereocenters. The van der Waals surface area contributed by atoms with Gasteiger partial charge in [-0.3, -0.25) is 4.79 Å². The van der Waals surface area contributed by atoms with Crippen LogP contribution in [0.15, 0.2) is 34.9 Å². The van der Waals surface area contributed by atoms with Crippen molar-refractivity contribution in [3.05, 3.63) is 53.3 Å². The molecule has 1 aliphatic heterocycles. The number of benzene rings is 1. The molecule has 0 bridgehead atoms. The molecule has 2 aromatic heterocycles. The van der Waals surface area contributed by atoms with E-state index < -0.39 is 0 Å². The lowest BCUT2D eigenvalue weighted by Gasteiger charge is -2.31. The van der Waals surface area contributed by atoms with Gasteiger partial charge in [0.2, 0.25) is 0 Å². The predicted molar refractivity (Wildman–Crippen MR) is 88.9 cm³/mol. The third-order valence-corrected chi connectivity index (χ3v) is 4.42. The molecule has 0 unspecified atom stereocenters. The molecule has 1 N–H and O–H groups in total.